The summed E-state index contributed by atoms with van der Waals surface area (Å²) in [6, 6.07) is 6.88. The van der Waals surface area contributed by atoms with E-state index >= 15 is 0 Å². The van der Waals surface area contributed by atoms with Crippen molar-refractivity contribution >= 4 is 12.1 Å². The lowest BCUT2D eigenvalue weighted by Gasteiger charge is -2.35. The fourth-order valence-electron chi connectivity index (χ4n) is 3.26. The minimum Gasteiger partial charge on any atom is -0.481 e. The molecule has 2 rings (SSSR count). The number of aliphatic hydroxyl groups is 1. The topological polar surface area (TPSA) is 87.1 Å². The fourth-order valence-corrected chi connectivity index (χ4v) is 3.26. The molecule has 0 radical (unpaired) electrons. The number of carbonyl (C=O) groups excluding carboxylic acids is 1. The molecule has 2 N–H and O–H groups in total. The highest BCUT2D eigenvalue weighted by Gasteiger charge is 2.41. The summed E-state index contributed by atoms with van der Waals surface area (Å²) in [6.07, 6.45) is 2.90. The normalized spacial score (nSPS) is 18.7. The first-order chi connectivity index (χ1) is 13.8. The molecule has 0 saturated carbocycles. The Labute approximate surface area is 168 Å². The quantitative estimate of drug-likeness (QED) is 0.425. The molecule has 1 aromatic rings. The van der Waals surface area contributed by atoms with E-state index in [4.69, 9.17) is 9.84 Å². The molecule has 0 aromatic heterocycles. The summed E-state index contributed by atoms with van der Waals surface area (Å²) in [6.45, 7) is 0.468. The molecule has 1 fully saturated rings. The van der Waals surface area contributed by atoms with Gasteiger partial charge in [0.2, 0.25) is 0 Å². The molecule has 0 aliphatic carbocycles. The molecule has 1 aliphatic rings. The number of carboxylic acids is 1. The average molecular weight is 411 g/mol. The first-order valence-electron chi connectivity index (χ1n) is 9.74. The zero-order chi connectivity index (χ0) is 21.3. The molecule has 1 amide bonds. The van der Waals surface area contributed by atoms with E-state index in [-0.39, 0.29) is 44.0 Å². The highest BCUT2D eigenvalue weighted by atomic mass is 19.3. The van der Waals surface area contributed by atoms with Crippen molar-refractivity contribution in [2.24, 2.45) is 0 Å². The number of aliphatic carboxylic acids is 1. The van der Waals surface area contributed by atoms with Crippen LogP contribution in [0, 0.1) is 0 Å². The van der Waals surface area contributed by atoms with Gasteiger partial charge in [-0.1, -0.05) is 42.5 Å². The Balaban J connectivity index is 1.89. The monoisotopic (exact) mass is 411 g/mol. The zero-order valence-electron chi connectivity index (χ0n) is 16.2. The number of hydrogen-bond acceptors (Lipinski definition) is 4. The lowest BCUT2D eigenvalue weighted by atomic mass is 9.96. The van der Waals surface area contributed by atoms with Crippen LogP contribution in [0.4, 0.5) is 13.6 Å². The van der Waals surface area contributed by atoms with Crippen LogP contribution >= 0.6 is 0 Å². The van der Waals surface area contributed by atoms with E-state index in [1.165, 1.54) is 29.2 Å². The van der Waals surface area contributed by atoms with Crippen LogP contribution in [0.2, 0.25) is 0 Å². The van der Waals surface area contributed by atoms with Crippen molar-refractivity contribution in [2.75, 3.05) is 13.2 Å². The van der Waals surface area contributed by atoms with Crippen LogP contribution in [0.3, 0.4) is 0 Å². The number of hydrogen-bond donors (Lipinski definition) is 2. The van der Waals surface area contributed by atoms with Gasteiger partial charge in [-0.15, -0.1) is 0 Å². The van der Waals surface area contributed by atoms with Crippen molar-refractivity contribution in [3.05, 3.63) is 48.0 Å². The van der Waals surface area contributed by atoms with Crippen LogP contribution in [0.5, 0.6) is 0 Å². The third kappa shape index (κ3) is 6.81. The van der Waals surface area contributed by atoms with Gasteiger partial charge in [0.1, 0.15) is 6.10 Å². The predicted molar refractivity (Wildman–Crippen MR) is 103 cm³/mol. The first-order valence-corrected chi connectivity index (χ1v) is 9.74. The second kappa shape index (κ2) is 10.9. The van der Waals surface area contributed by atoms with E-state index in [0.29, 0.717) is 19.3 Å². The molecule has 8 heteroatoms. The second-order valence-electron chi connectivity index (χ2n) is 7.05. The van der Waals surface area contributed by atoms with Crippen LogP contribution in [0.25, 0.3) is 0 Å². The van der Waals surface area contributed by atoms with Gasteiger partial charge in [-0.3, -0.25) is 4.79 Å². The fraction of sp³-hybridized carbons (Fsp3) is 0.524. The second-order valence-corrected chi connectivity index (χ2v) is 7.05. The van der Waals surface area contributed by atoms with Gasteiger partial charge >= 0.3 is 12.1 Å². The lowest BCUT2D eigenvalue weighted by molar-refractivity contribution is -0.137. The number of allylic oxidation sites excluding steroid dienone is 1. The largest absolute Gasteiger partial charge is 0.481 e. The summed E-state index contributed by atoms with van der Waals surface area (Å²) in [5, 5.41) is 18.7. The predicted octanol–water partition coefficient (Wildman–Crippen LogP) is 3.94. The summed E-state index contributed by atoms with van der Waals surface area (Å²) in [5.41, 5.74) is -0.239. The Bertz CT molecular complexity index is 696. The van der Waals surface area contributed by atoms with Gasteiger partial charge < -0.3 is 19.8 Å². The van der Waals surface area contributed by atoms with Crippen molar-refractivity contribution < 1.29 is 33.3 Å². The van der Waals surface area contributed by atoms with Crippen molar-refractivity contribution in [1.82, 2.24) is 4.90 Å². The van der Waals surface area contributed by atoms with Gasteiger partial charge in [0.05, 0.1) is 6.61 Å². The first kappa shape index (κ1) is 22.8. The molecule has 0 bridgehead atoms. The van der Waals surface area contributed by atoms with Gasteiger partial charge in [0, 0.05) is 31.0 Å². The molecule has 6 nitrogen and oxygen atoms in total. The van der Waals surface area contributed by atoms with Crippen LogP contribution in [0.15, 0.2) is 42.5 Å². The molecule has 1 aliphatic heterocycles. The van der Waals surface area contributed by atoms with Crippen LogP contribution in [-0.4, -0.2) is 52.5 Å². The molecule has 1 heterocycles. The minimum atomic E-state index is -3.37. The molecule has 0 spiro atoms. The van der Waals surface area contributed by atoms with Crippen LogP contribution in [0.1, 0.15) is 44.1 Å². The number of cyclic esters (lactones) is 1. The molecule has 29 heavy (non-hydrogen) atoms. The molecule has 1 saturated heterocycles. The number of aliphatic hydroxyl groups excluding tert-OH is 1. The maximum absolute atomic E-state index is 14.4. The van der Waals surface area contributed by atoms with Crippen molar-refractivity contribution in [2.45, 2.75) is 56.6 Å². The number of carboxylic acid groups (broad SMARTS) is 1. The van der Waals surface area contributed by atoms with Crippen molar-refractivity contribution in [1.29, 1.82) is 0 Å². The maximum Gasteiger partial charge on any atom is 0.410 e. The lowest BCUT2D eigenvalue weighted by Crippen LogP contribution is -2.46. The van der Waals surface area contributed by atoms with Gasteiger partial charge in [-0.05, 0) is 25.7 Å². The summed E-state index contributed by atoms with van der Waals surface area (Å²) >= 11 is 0. The Morgan fingerprint density at radius 1 is 1.31 bits per heavy atom. The van der Waals surface area contributed by atoms with E-state index in [9.17, 15) is 23.5 Å². The van der Waals surface area contributed by atoms with Gasteiger partial charge in [0.15, 0.2) is 0 Å². The van der Waals surface area contributed by atoms with Crippen LogP contribution in [-0.2, 0) is 15.5 Å². The average Bonchev–Trinajstić information content (AvgIpc) is 2.70. The number of alkyl halides is 2. The number of amides is 1. The van der Waals surface area contributed by atoms with Gasteiger partial charge in [0.25, 0.3) is 5.92 Å². The highest BCUT2D eigenvalue weighted by molar-refractivity contribution is 5.69. The van der Waals surface area contributed by atoms with E-state index in [2.05, 4.69) is 0 Å². The Kier molecular flexibility index (Phi) is 8.57. The van der Waals surface area contributed by atoms with Gasteiger partial charge in [-0.25, -0.2) is 4.79 Å². The summed E-state index contributed by atoms with van der Waals surface area (Å²) in [5.74, 6) is -4.23. The molecular formula is C21H27F2NO5. The van der Waals surface area contributed by atoms with E-state index in [1.54, 1.807) is 18.2 Å². The van der Waals surface area contributed by atoms with E-state index in [0.717, 1.165) is 0 Å². The SMILES string of the molecule is O=C(O)CCC/C=C/CN1C(=O)OCC[C@@H]1CC[C@@H](O)C(F)(F)c1ccccc1. The Morgan fingerprint density at radius 3 is 2.72 bits per heavy atom. The molecule has 2 atom stereocenters. The third-order valence-corrected chi connectivity index (χ3v) is 4.93. The van der Waals surface area contributed by atoms with Crippen molar-refractivity contribution in [3.63, 3.8) is 0 Å². The number of rotatable bonds is 11. The number of halogens is 2. The van der Waals surface area contributed by atoms with Gasteiger partial charge in [-0.2, -0.15) is 8.78 Å². The number of ether oxygens (including phenoxy) is 1. The van der Waals surface area contributed by atoms with E-state index < -0.39 is 24.1 Å². The summed E-state index contributed by atoms with van der Waals surface area (Å²) < 4.78 is 33.9. The molecule has 160 valence electrons. The minimum absolute atomic E-state index is 0.0756. The highest BCUT2D eigenvalue weighted by Crippen LogP contribution is 2.34. The number of benzene rings is 1. The molecule has 1 aromatic carbocycles. The molecular weight excluding hydrogens is 384 g/mol. The number of nitrogens with zero attached hydrogens (tertiary/aromatic N) is 1. The van der Waals surface area contributed by atoms with Crippen LogP contribution < -0.4 is 0 Å². The standard InChI is InChI=1S/C21H27F2NO5/c22-21(23,16-8-4-3-5-9-16)18(25)12-11-17-13-15-29-20(28)24(17)14-7-2-1-6-10-19(26)27/h2-5,7-9,17-18,25H,1,6,10-15H2,(H,26,27)/b7-2+/t17-,18+/m0/s1. The third-order valence-electron chi connectivity index (χ3n) is 4.93. The summed E-state index contributed by atoms with van der Waals surface area (Å²) in [7, 11) is 0. The maximum atomic E-state index is 14.4. The zero-order valence-corrected chi connectivity index (χ0v) is 16.2. The smallest absolute Gasteiger partial charge is 0.410 e. The number of carbonyl (C=O) groups is 2. The Morgan fingerprint density at radius 2 is 2.03 bits per heavy atom. The van der Waals surface area contributed by atoms with E-state index in [1.807, 2.05) is 0 Å². The number of unbranched alkanes of at least 4 members (excludes halogenated alkanes) is 1. The van der Waals surface area contributed by atoms with Crippen molar-refractivity contribution in [3.8, 4) is 0 Å². The molecule has 0 unspecified atom stereocenters. The summed E-state index contributed by atoms with van der Waals surface area (Å²) in [4.78, 5) is 24.0. The Hall–Kier alpha value is -2.48.